The number of para-hydroxylation sites is 1. The number of hydrogen-bond acceptors (Lipinski definition) is 5. The topological polar surface area (TPSA) is 72.8 Å². The van der Waals surface area contributed by atoms with E-state index >= 15 is 0 Å². The Morgan fingerprint density at radius 3 is 2.32 bits per heavy atom. The average Bonchev–Trinajstić information content (AvgIpc) is 2.56. The summed E-state index contributed by atoms with van der Waals surface area (Å²) in [4.78, 5) is 22.2. The molecule has 5 nitrogen and oxygen atoms in total. The predicted octanol–water partition coefficient (Wildman–Crippen LogP) is 4.72. The van der Waals surface area contributed by atoms with E-state index in [1.165, 1.54) is 6.07 Å². The van der Waals surface area contributed by atoms with Gasteiger partial charge in [0, 0.05) is 6.42 Å². The van der Waals surface area contributed by atoms with Crippen LogP contribution in [0, 0.1) is 5.92 Å². The number of rotatable bonds is 9. The van der Waals surface area contributed by atoms with Crippen molar-refractivity contribution in [2.45, 2.75) is 59.8 Å². The number of hydrogen-bond donors (Lipinski definition) is 1. The molecule has 0 atom stereocenters. The van der Waals surface area contributed by atoms with Crippen LogP contribution in [0.4, 0.5) is 0 Å². The number of phenolic OH excluding ortho intramolecular Hbond substituents is 1. The molecule has 0 saturated carbocycles. The summed E-state index contributed by atoms with van der Waals surface area (Å²) in [6, 6.07) is 6.38. The summed E-state index contributed by atoms with van der Waals surface area (Å²) in [5.41, 5.74) is 0.223. The molecule has 0 aliphatic heterocycles. The molecule has 0 spiro atoms. The van der Waals surface area contributed by atoms with Crippen LogP contribution in [0.15, 0.2) is 24.3 Å². The van der Waals surface area contributed by atoms with Crippen LogP contribution in [-0.2, 0) is 14.3 Å². The maximum Gasteiger partial charge on any atom is 0.341 e. The number of carbonyl (C=O) groups excluding carboxylic acids is 2. The molecule has 1 aromatic rings. The molecule has 0 aromatic heterocycles. The van der Waals surface area contributed by atoms with Gasteiger partial charge in [0.25, 0.3) is 0 Å². The van der Waals surface area contributed by atoms with Gasteiger partial charge in [-0.05, 0) is 37.8 Å². The second-order valence-electron chi connectivity index (χ2n) is 6.10. The molecule has 0 aliphatic rings. The molecule has 0 radical (unpaired) electrons. The highest BCUT2D eigenvalue weighted by atomic mass is 16.5. The van der Waals surface area contributed by atoms with Crippen LogP contribution in [0.1, 0.15) is 70.2 Å². The maximum atomic E-state index is 11.5. The Hall–Kier alpha value is -2.04. The number of unbranched alkanes of at least 4 members (excludes halogenated alkanes) is 2. The van der Waals surface area contributed by atoms with E-state index in [0.717, 1.165) is 25.7 Å². The third kappa shape index (κ3) is 12.0. The molecule has 0 unspecified atom stereocenters. The van der Waals surface area contributed by atoms with Gasteiger partial charge >= 0.3 is 11.9 Å². The highest BCUT2D eigenvalue weighted by Crippen LogP contribution is 2.16. The van der Waals surface area contributed by atoms with E-state index in [1.54, 1.807) is 18.2 Å². The fraction of sp³-hybridized carbons (Fsp3) is 0.600. The molecule has 0 aliphatic carbocycles. The van der Waals surface area contributed by atoms with Crippen molar-refractivity contribution < 1.29 is 24.2 Å². The van der Waals surface area contributed by atoms with Gasteiger partial charge in [-0.15, -0.1) is 0 Å². The lowest BCUT2D eigenvalue weighted by Crippen LogP contribution is -2.08. The Kier molecular flexibility index (Phi) is 13.1. The van der Waals surface area contributed by atoms with Crippen molar-refractivity contribution in [1.29, 1.82) is 0 Å². The summed E-state index contributed by atoms with van der Waals surface area (Å²) in [6.07, 6.45) is 4.66. The first-order chi connectivity index (χ1) is 11.9. The van der Waals surface area contributed by atoms with Crippen molar-refractivity contribution in [3.63, 3.8) is 0 Å². The van der Waals surface area contributed by atoms with Crippen molar-refractivity contribution in [2.75, 3.05) is 13.2 Å². The maximum absolute atomic E-state index is 11.5. The van der Waals surface area contributed by atoms with Crippen LogP contribution >= 0.6 is 0 Å². The smallest absolute Gasteiger partial charge is 0.341 e. The monoisotopic (exact) mass is 352 g/mol. The highest BCUT2D eigenvalue weighted by Gasteiger charge is 2.11. The van der Waals surface area contributed by atoms with E-state index in [9.17, 15) is 14.7 Å². The number of benzene rings is 1. The molecule has 142 valence electrons. The first-order valence-electron chi connectivity index (χ1n) is 9.03. The van der Waals surface area contributed by atoms with Gasteiger partial charge in [0.15, 0.2) is 0 Å². The first-order valence-corrected chi connectivity index (χ1v) is 9.03. The SMILES string of the molecule is CC(C)CCOC(=O)c1ccccc1O.CCCCCC(=O)OCC. The average molecular weight is 352 g/mol. The van der Waals surface area contributed by atoms with E-state index < -0.39 is 5.97 Å². The number of aromatic hydroxyl groups is 1. The number of phenols is 1. The highest BCUT2D eigenvalue weighted by molar-refractivity contribution is 5.92. The number of carbonyl (C=O) groups is 2. The van der Waals surface area contributed by atoms with E-state index in [-0.39, 0.29) is 17.3 Å². The van der Waals surface area contributed by atoms with Crippen molar-refractivity contribution in [1.82, 2.24) is 0 Å². The molecule has 0 bridgehead atoms. The molecule has 0 fully saturated rings. The largest absolute Gasteiger partial charge is 0.507 e. The van der Waals surface area contributed by atoms with Crippen LogP contribution < -0.4 is 0 Å². The molecule has 0 heterocycles. The summed E-state index contributed by atoms with van der Waals surface area (Å²) in [5, 5.41) is 9.39. The lowest BCUT2D eigenvalue weighted by molar-refractivity contribution is -0.143. The molecule has 1 N–H and O–H groups in total. The third-order valence-corrected chi connectivity index (χ3v) is 3.34. The van der Waals surface area contributed by atoms with Crippen molar-refractivity contribution in [3.8, 4) is 5.75 Å². The summed E-state index contributed by atoms with van der Waals surface area (Å²) in [7, 11) is 0. The van der Waals surface area contributed by atoms with E-state index in [1.807, 2.05) is 6.92 Å². The molecule has 1 rings (SSSR count). The van der Waals surface area contributed by atoms with E-state index in [2.05, 4.69) is 20.8 Å². The van der Waals surface area contributed by atoms with Gasteiger partial charge in [-0.25, -0.2) is 4.79 Å². The number of ether oxygens (including phenoxy) is 2. The van der Waals surface area contributed by atoms with Gasteiger partial charge in [-0.1, -0.05) is 45.7 Å². The first kappa shape index (κ1) is 23.0. The normalized spacial score (nSPS) is 9.96. The summed E-state index contributed by atoms with van der Waals surface area (Å²) in [5.74, 6) is -0.0566. The van der Waals surface area contributed by atoms with E-state index in [0.29, 0.717) is 25.6 Å². The van der Waals surface area contributed by atoms with Crippen LogP contribution in [0.2, 0.25) is 0 Å². The van der Waals surface area contributed by atoms with Crippen LogP contribution in [0.25, 0.3) is 0 Å². The summed E-state index contributed by atoms with van der Waals surface area (Å²) >= 11 is 0. The fourth-order valence-corrected chi connectivity index (χ4v) is 1.86. The Morgan fingerprint density at radius 2 is 1.76 bits per heavy atom. The summed E-state index contributed by atoms with van der Waals surface area (Å²) in [6.45, 7) is 8.97. The molecular weight excluding hydrogens is 320 g/mol. The van der Waals surface area contributed by atoms with E-state index in [4.69, 9.17) is 9.47 Å². The van der Waals surface area contributed by atoms with Gasteiger partial charge in [-0.2, -0.15) is 0 Å². The zero-order chi connectivity index (χ0) is 19.1. The number of esters is 2. The van der Waals surface area contributed by atoms with Gasteiger partial charge in [0.2, 0.25) is 0 Å². The molecule has 25 heavy (non-hydrogen) atoms. The lowest BCUT2D eigenvalue weighted by atomic mass is 10.1. The molecule has 0 saturated heterocycles. The van der Waals surface area contributed by atoms with Crippen molar-refractivity contribution >= 4 is 11.9 Å². The minimum atomic E-state index is -0.464. The van der Waals surface area contributed by atoms with Crippen molar-refractivity contribution in [2.24, 2.45) is 5.92 Å². The minimum absolute atomic E-state index is 0.0351. The predicted molar refractivity (Wildman–Crippen MR) is 98.6 cm³/mol. The Morgan fingerprint density at radius 1 is 1.08 bits per heavy atom. The van der Waals surface area contributed by atoms with Crippen LogP contribution in [0.5, 0.6) is 5.75 Å². The van der Waals surface area contributed by atoms with Gasteiger partial charge < -0.3 is 14.6 Å². The minimum Gasteiger partial charge on any atom is -0.507 e. The third-order valence-electron chi connectivity index (χ3n) is 3.34. The fourth-order valence-electron chi connectivity index (χ4n) is 1.86. The van der Waals surface area contributed by atoms with Crippen LogP contribution in [0.3, 0.4) is 0 Å². The van der Waals surface area contributed by atoms with Gasteiger partial charge in [0.05, 0.1) is 13.2 Å². The standard InChI is InChI=1S/C12H16O3.C8H16O2/c1-9(2)7-8-15-12(14)10-5-3-4-6-11(10)13;1-3-5-6-7-8(9)10-4-2/h3-6,9,13H,7-8H2,1-2H3;3-7H2,1-2H3. The second-order valence-corrected chi connectivity index (χ2v) is 6.10. The van der Waals surface area contributed by atoms with Gasteiger partial charge in [0.1, 0.15) is 11.3 Å². The second kappa shape index (κ2) is 14.3. The molecular formula is C20H32O5. The molecule has 5 heteroatoms. The molecule has 1 aromatic carbocycles. The summed E-state index contributed by atoms with van der Waals surface area (Å²) < 4.78 is 9.77. The lowest BCUT2D eigenvalue weighted by Gasteiger charge is -2.07. The quantitative estimate of drug-likeness (QED) is 0.514. The van der Waals surface area contributed by atoms with Crippen molar-refractivity contribution in [3.05, 3.63) is 29.8 Å². The Balaban J connectivity index is 0.000000504. The molecule has 0 amide bonds. The Labute approximate surface area is 151 Å². The zero-order valence-electron chi connectivity index (χ0n) is 15.9. The van der Waals surface area contributed by atoms with Crippen LogP contribution in [-0.4, -0.2) is 30.3 Å². The van der Waals surface area contributed by atoms with Gasteiger partial charge in [-0.3, -0.25) is 4.79 Å². The Bertz CT molecular complexity index is 497. The zero-order valence-corrected chi connectivity index (χ0v) is 15.9.